The van der Waals surface area contributed by atoms with Crippen molar-refractivity contribution in [3.8, 4) is 10.6 Å². The van der Waals surface area contributed by atoms with Gasteiger partial charge in [0.1, 0.15) is 5.01 Å². The summed E-state index contributed by atoms with van der Waals surface area (Å²) in [7, 11) is 0. The molecule has 0 aliphatic rings. The van der Waals surface area contributed by atoms with E-state index in [0.29, 0.717) is 12.5 Å². The number of nitrogens with zero attached hydrogens (tertiary/aromatic N) is 1. The van der Waals surface area contributed by atoms with E-state index < -0.39 is 0 Å². The number of hydrogen-bond donors (Lipinski definition) is 1. The predicted molar refractivity (Wildman–Crippen MR) is 82.0 cm³/mol. The molecule has 0 spiro atoms. The average Bonchev–Trinajstić information content (AvgIpc) is 2.70. The van der Waals surface area contributed by atoms with Crippen LogP contribution in [-0.4, -0.2) is 4.98 Å². The van der Waals surface area contributed by atoms with Crippen molar-refractivity contribution in [3.05, 3.63) is 38.8 Å². The molecule has 2 aromatic rings. The van der Waals surface area contributed by atoms with Crippen LogP contribution in [0.2, 0.25) is 0 Å². The SMILES string of the molecule is Cc1ccc(C(C)C)cc1-c1nc(CN)c(Br)s1. The van der Waals surface area contributed by atoms with Crippen LogP contribution >= 0.6 is 27.3 Å². The fourth-order valence-corrected chi connectivity index (χ4v) is 3.42. The highest BCUT2D eigenvalue weighted by atomic mass is 79.9. The first kappa shape index (κ1) is 13.7. The van der Waals surface area contributed by atoms with E-state index in [4.69, 9.17) is 5.73 Å². The normalized spacial score (nSPS) is 11.2. The molecule has 18 heavy (non-hydrogen) atoms. The van der Waals surface area contributed by atoms with Crippen LogP contribution in [-0.2, 0) is 6.54 Å². The Morgan fingerprint density at radius 1 is 1.39 bits per heavy atom. The Morgan fingerprint density at radius 3 is 2.67 bits per heavy atom. The zero-order valence-electron chi connectivity index (χ0n) is 10.8. The Labute approximate surface area is 120 Å². The van der Waals surface area contributed by atoms with Crippen LogP contribution < -0.4 is 5.73 Å². The predicted octanol–water partition coefficient (Wildman–Crippen LogP) is 4.46. The van der Waals surface area contributed by atoms with E-state index in [2.05, 4.69) is 59.9 Å². The quantitative estimate of drug-likeness (QED) is 0.905. The fourth-order valence-electron chi connectivity index (χ4n) is 1.80. The van der Waals surface area contributed by atoms with Gasteiger partial charge >= 0.3 is 0 Å². The molecule has 96 valence electrons. The maximum atomic E-state index is 5.67. The van der Waals surface area contributed by atoms with Crippen LogP contribution in [0.1, 0.15) is 36.6 Å². The summed E-state index contributed by atoms with van der Waals surface area (Å²) < 4.78 is 1.04. The van der Waals surface area contributed by atoms with Crippen molar-refractivity contribution in [1.82, 2.24) is 4.98 Å². The third-order valence-corrected chi connectivity index (χ3v) is 4.86. The summed E-state index contributed by atoms with van der Waals surface area (Å²) in [6, 6.07) is 6.60. The Bertz CT molecular complexity index is 561. The minimum absolute atomic E-state index is 0.472. The number of rotatable bonds is 3. The number of aromatic nitrogens is 1. The van der Waals surface area contributed by atoms with Crippen molar-refractivity contribution in [1.29, 1.82) is 0 Å². The fraction of sp³-hybridized carbons (Fsp3) is 0.357. The molecule has 1 aromatic carbocycles. The van der Waals surface area contributed by atoms with Crippen molar-refractivity contribution in [2.24, 2.45) is 5.73 Å². The molecule has 0 fully saturated rings. The molecule has 0 amide bonds. The number of benzene rings is 1. The van der Waals surface area contributed by atoms with Crippen molar-refractivity contribution in [2.45, 2.75) is 33.2 Å². The van der Waals surface area contributed by atoms with E-state index in [1.165, 1.54) is 16.7 Å². The van der Waals surface area contributed by atoms with Gasteiger partial charge in [-0.25, -0.2) is 4.98 Å². The maximum Gasteiger partial charge on any atom is 0.125 e. The Kier molecular flexibility index (Phi) is 4.20. The number of aryl methyl sites for hydroxylation is 1. The average molecular weight is 325 g/mol. The van der Waals surface area contributed by atoms with Crippen molar-refractivity contribution in [2.75, 3.05) is 0 Å². The highest BCUT2D eigenvalue weighted by Crippen LogP contribution is 2.34. The zero-order chi connectivity index (χ0) is 13.3. The Hall–Kier alpha value is -0.710. The van der Waals surface area contributed by atoms with Gasteiger partial charge in [0.15, 0.2) is 0 Å². The molecule has 0 saturated carbocycles. The van der Waals surface area contributed by atoms with E-state index in [9.17, 15) is 0 Å². The topological polar surface area (TPSA) is 38.9 Å². The molecule has 0 atom stereocenters. The second-order valence-corrected chi connectivity index (χ2v) is 6.99. The number of nitrogens with two attached hydrogens (primary N) is 1. The lowest BCUT2D eigenvalue weighted by molar-refractivity contribution is 0.866. The van der Waals surface area contributed by atoms with Gasteiger partial charge in [0.25, 0.3) is 0 Å². The summed E-state index contributed by atoms with van der Waals surface area (Å²) in [6.45, 7) is 7.01. The second kappa shape index (κ2) is 5.51. The molecular weight excluding hydrogens is 308 g/mol. The molecule has 0 aliphatic heterocycles. The smallest absolute Gasteiger partial charge is 0.125 e. The van der Waals surface area contributed by atoms with Gasteiger partial charge in [-0.3, -0.25) is 0 Å². The first-order valence-electron chi connectivity index (χ1n) is 5.99. The standard InChI is InChI=1S/C14H17BrN2S/c1-8(2)10-5-4-9(3)11(6-10)14-17-12(7-16)13(15)18-14/h4-6,8H,7,16H2,1-3H3. The highest BCUT2D eigenvalue weighted by Gasteiger charge is 2.12. The van der Waals surface area contributed by atoms with Crippen LogP contribution in [0.3, 0.4) is 0 Å². The molecule has 0 bridgehead atoms. The molecule has 4 heteroatoms. The van der Waals surface area contributed by atoms with Crippen molar-refractivity contribution >= 4 is 27.3 Å². The number of hydrogen-bond acceptors (Lipinski definition) is 3. The first-order chi connectivity index (χ1) is 8.52. The van der Waals surface area contributed by atoms with E-state index in [-0.39, 0.29) is 0 Å². The third kappa shape index (κ3) is 2.66. The minimum atomic E-state index is 0.472. The summed E-state index contributed by atoms with van der Waals surface area (Å²) in [5.41, 5.74) is 10.4. The maximum absolute atomic E-state index is 5.67. The Balaban J connectivity index is 2.51. The molecular formula is C14H17BrN2S. The van der Waals surface area contributed by atoms with E-state index in [1.54, 1.807) is 11.3 Å². The lowest BCUT2D eigenvalue weighted by atomic mass is 9.98. The van der Waals surface area contributed by atoms with Gasteiger partial charge in [-0.2, -0.15) is 0 Å². The van der Waals surface area contributed by atoms with E-state index in [1.807, 2.05) is 0 Å². The molecule has 1 aromatic heterocycles. The van der Waals surface area contributed by atoms with Gasteiger partial charge < -0.3 is 5.73 Å². The van der Waals surface area contributed by atoms with Gasteiger partial charge in [-0.1, -0.05) is 26.0 Å². The summed E-state index contributed by atoms with van der Waals surface area (Å²) >= 11 is 5.17. The number of halogens is 1. The van der Waals surface area contributed by atoms with Crippen LogP contribution in [0.15, 0.2) is 22.0 Å². The third-order valence-electron chi connectivity index (χ3n) is 3.00. The van der Waals surface area contributed by atoms with Crippen LogP contribution in [0.4, 0.5) is 0 Å². The van der Waals surface area contributed by atoms with Crippen LogP contribution in [0, 0.1) is 6.92 Å². The van der Waals surface area contributed by atoms with Gasteiger partial charge in [0.05, 0.1) is 9.48 Å². The van der Waals surface area contributed by atoms with Crippen molar-refractivity contribution in [3.63, 3.8) is 0 Å². The lowest BCUT2D eigenvalue weighted by Gasteiger charge is -2.09. The molecule has 2 rings (SSSR count). The summed E-state index contributed by atoms with van der Waals surface area (Å²) in [6.07, 6.45) is 0. The summed E-state index contributed by atoms with van der Waals surface area (Å²) in [4.78, 5) is 4.61. The monoisotopic (exact) mass is 324 g/mol. The largest absolute Gasteiger partial charge is 0.325 e. The molecule has 0 unspecified atom stereocenters. The van der Waals surface area contributed by atoms with Gasteiger partial charge in [0, 0.05) is 12.1 Å². The van der Waals surface area contributed by atoms with Crippen LogP contribution in [0.5, 0.6) is 0 Å². The van der Waals surface area contributed by atoms with Crippen LogP contribution in [0.25, 0.3) is 10.6 Å². The molecule has 0 saturated heterocycles. The first-order valence-corrected chi connectivity index (χ1v) is 7.60. The molecule has 2 nitrogen and oxygen atoms in total. The van der Waals surface area contributed by atoms with E-state index in [0.717, 1.165) is 14.5 Å². The zero-order valence-corrected chi connectivity index (χ0v) is 13.2. The van der Waals surface area contributed by atoms with E-state index >= 15 is 0 Å². The summed E-state index contributed by atoms with van der Waals surface area (Å²) in [5, 5.41) is 1.04. The molecule has 0 aliphatic carbocycles. The van der Waals surface area contributed by atoms with Crippen molar-refractivity contribution < 1.29 is 0 Å². The minimum Gasteiger partial charge on any atom is -0.325 e. The van der Waals surface area contributed by atoms with Gasteiger partial charge in [-0.05, 0) is 46.0 Å². The molecule has 2 N–H and O–H groups in total. The summed E-state index contributed by atoms with van der Waals surface area (Å²) in [5.74, 6) is 0.529. The van der Waals surface area contributed by atoms with Gasteiger partial charge in [-0.15, -0.1) is 11.3 Å². The van der Waals surface area contributed by atoms with Gasteiger partial charge in [0.2, 0.25) is 0 Å². The Morgan fingerprint density at radius 2 is 2.11 bits per heavy atom. The molecule has 1 heterocycles. The molecule has 0 radical (unpaired) electrons. The highest BCUT2D eigenvalue weighted by molar-refractivity contribution is 9.11. The number of thiazole rings is 1. The lowest BCUT2D eigenvalue weighted by Crippen LogP contribution is -1.97. The second-order valence-electron chi connectivity index (χ2n) is 4.67.